The standard InChI is InChI=1S/C21H26F2N10O2/c1-12-15(3-4-16(26-12)32-10-21(22,23)11-32)27-20(35)31-5-6-33(13(8-31)9-34)18-14-7-25-30(2)17(14)28-19(24)29-18/h3-4,7,13,34H,5-6,8-11H2,1-2H3,(H,27,35)(H2,24,28,29)/t13-/m1/s1. The van der Waals surface area contributed by atoms with Crippen LogP contribution in [-0.4, -0.2) is 92.1 Å². The number of rotatable bonds is 4. The van der Waals surface area contributed by atoms with Gasteiger partial charge in [-0.3, -0.25) is 4.68 Å². The molecule has 0 bridgehead atoms. The van der Waals surface area contributed by atoms with Gasteiger partial charge in [-0.2, -0.15) is 15.1 Å². The summed E-state index contributed by atoms with van der Waals surface area (Å²) in [5.41, 5.74) is 7.51. The van der Waals surface area contributed by atoms with Gasteiger partial charge in [0, 0.05) is 26.7 Å². The minimum atomic E-state index is -2.69. The summed E-state index contributed by atoms with van der Waals surface area (Å²) in [6, 6.07) is 2.52. The molecule has 0 aliphatic carbocycles. The van der Waals surface area contributed by atoms with Gasteiger partial charge in [-0.05, 0) is 19.1 Å². The van der Waals surface area contributed by atoms with Crippen molar-refractivity contribution in [1.29, 1.82) is 0 Å². The number of aryl methyl sites for hydroxylation is 2. The van der Waals surface area contributed by atoms with Crippen molar-refractivity contribution in [1.82, 2.24) is 29.6 Å². The van der Waals surface area contributed by atoms with Crippen LogP contribution in [0, 0.1) is 6.92 Å². The lowest BCUT2D eigenvalue weighted by Crippen LogP contribution is -2.57. The van der Waals surface area contributed by atoms with E-state index in [-0.39, 0.29) is 38.2 Å². The number of aliphatic hydroxyl groups is 1. The number of nitrogens with two attached hydrogens (primary N) is 1. The molecule has 3 aromatic rings. The third kappa shape index (κ3) is 4.24. The summed E-state index contributed by atoms with van der Waals surface area (Å²) < 4.78 is 27.9. The molecule has 4 N–H and O–H groups in total. The molecular formula is C21H26F2N10O2. The molecule has 1 atom stereocenters. The second-order valence-electron chi connectivity index (χ2n) is 8.83. The van der Waals surface area contributed by atoms with Crippen molar-refractivity contribution in [2.45, 2.75) is 18.9 Å². The average molecular weight is 489 g/mol. The van der Waals surface area contributed by atoms with E-state index < -0.39 is 12.0 Å². The number of halogens is 2. The molecule has 0 saturated carbocycles. The van der Waals surface area contributed by atoms with E-state index in [9.17, 15) is 18.7 Å². The van der Waals surface area contributed by atoms with Gasteiger partial charge < -0.3 is 30.9 Å². The number of aliphatic hydroxyl groups excluding tert-OH is 1. The average Bonchev–Trinajstić information content (AvgIpc) is 3.18. The highest BCUT2D eigenvalue weighted by Gasteiger charge is 2.44. The molecule has 2 saturated heterocycles. The number of pyridine rings is 1. The number of nitrogens with one attached hydrogen (secondary N) is 1. The van der Waals surface area contributed by atoms with Crippen LogP contribution in [0.4, 0.5) is 36.8 Å². The number of anilines is 4. The zero-order chi connectivity index (χ0) is 24.9. The molecule has 12 nitrogen and oxygen atoms in total. The van der Waals surface area contributed by atoms with E-state index in [1.165, 1.54) is 4.90 Å². The zero-order valence-corrected chi connectivity index (χ0v) is 19.3. The number of fused-ring (bicyclic) bond motifs is 1. The number of carbonyl (C=O) groups excluding carboxylic acids is 1. The Morgan fingerprint density at radius 3 is 2.71 bits per heavy atom. The first-order valence-corrected chi connectivity index (χ1v) is 11.1. The molecule has 0 radical (unpaired) electrons. The predicted molar refractivity (Wildman–Crippen MR) is 126 cm³/mol. The second kappa shape index (κ2) is 8.45. The number of nitrogen functional groups attached to an aromatic ring is 1. The van der Waals surface area contributed by atoms with Crippen molar-refractivity contribution in [2.75, 3.05) is 60.2 Å². The number of hydrogen-bond acceptors (Lipinski definition) is 9. The summed E-state index contributed by atoms with van der Waals surface area (Å²) in [6.07, 6.45) is 1.65. The maximum absolute atomic E-state index is 13.2. The lowest BCUT2D eigenvalue weighted by atomic mass is 10.1. The highest BCUT2D eigenvalue weighted by atomic mass is 19.3. The predicted octanol–water partition coefficient (Wildman–Crippen LogP) is 0.819. The topological polar surface area (TPSA) is 142 Å². The van der Waals surface area contributed by atoms with Crippen molar-refractivity contribution in [3.8, 4) is 0 Å². The first-order chi connectivity index (χ1) is 16.6. The molecule has 14 heteroatoms. The van der Waals surface area contributed by atoms with E-state index in [2.05, 4.69) is 25.4 Å². The normalized spacial score (nSPS) is 19.7. The first-order valence-electron chi connectivity index (χ1n) is 11.1. The number of amides is 2. The molecule has 2 aliphatic heterocycles. The summed E-state index contributed by atoms with van der Waals surface area (Å²) in [4.78, 5) is 31.0. The summed E-state index contributed by atoms with van der Waals surface area (Å²) in [5, 5.41) is 17.9. The van der Waals surface area contributed by atoms with Crippen LogP contribution in [0.1, 0.15) is 5.69 Å². The van der Waals surface area contributed by atoms with E-state index >= 15 is 0 Å². The fraction of sp³-hybridized carbons (Fsp3) is 0.476. The Morgan fingerprint density at radius 1 is 1.26 bits per heavy atom. The Kier molecular flexibility index (Phi) is 5.54. The van der Waals surface area contributed by atoms with Gasteiger partial charge in [0.05, 0.1) is 48.7 Å². The summed E-state index contributed by atoms with van der Waals surface area (Å²) in [5.74, 6) is -1.58. The number of alkyl halides is 2. The van der Waals surface area contributed by atoms with Crippen LogP contribution in [0.25, 0.3) is 11.0 Å². The third-order valence-corrected chi connectivity index (χ3v) is 6.32. The van der Waals surface area contributed by atoms with E-state index in [1.807, 2.05) is 4.90 Å². The van der Waals surface area contributed by atoms with Crippen LogP contribution in [0.5, 0.6) is 0 Å². The Bertz CT molecular complexity index is 1270. The van der Waals surface area contributed by atoms with Crippen LogP contribution in [0.3, 0.4) is 0 Å². The van der Waals surface area contributed by atoms with Gasteiger partial charge in [-0.15, -0.1) is 0 Å². The summed E-state index contributed by atoms with van der Waals surface area (Å²) in [7, 11) is 1.76. The molecule has 186 valence electrons. The van der Waals surface area contributed by atoms with Gasteiger partial charge in [0.15, 0.2) is 5.65 Å². The highest BCUT2D eigenvalue weighted by molar-refractivity contribution is 5.91. The molecule has 5 heterocycles. The molecule has 35 heavy (non-hydrogen) atoms. The first kappa shape index (κ1) is 23.0. The molecule has 0 unspecified atom stereocenters. The molecule has 2 amide bonds. The largest absolute Gasteiger partial charge is 0.394 e. The van der Waals surface area contributed by atoms with Crippen molar-refractivity contribution < 1.29 is 18.7 Å². The fourth-order valence-electron chi connectivity index (χ4n) is 4.44. The lowest BCUT2D eigenvalue weighted by molar-refractivity contribution is -0.0267. The van der Waals surface area contributed by atoms with E-state index in [1.54, 1.807) is 41.9 Å². The van der Waals surface area contributed by atoms with Crippen LogP contribution < -0.4 is 20.9 Å². The lowest BCUT2D eigenvalue weighted by Gasteiger charge is -2.41. The third-order valence-electron chi connectivity index (χ3n) is 6.32. The van der Waals surface area contributed by atoms with Gasteiger partial charge in [0.1, 0.15) is 11.6 Å². The minimum Gasteiger partial charge on any atom is -0.394 e. The van der Waals surface area contributed by atoms with E-state index in [0.29, 0.717) is 47.1 Å². The van der Waals surface area contributed by atoms with Crippen LogP contribution in [-0.2, 0) is 7.05 Å². The maximum Gasteiger partial charge on any atom is 0.322 e. The molecule has 2 aliphatic rings. The Balaban J connectivity index is 1.28. The fourth-order valence-corrected chi connectivity index (χ4v) is 4.44. The van der Waals surface area contributed by atoms with Gasteiger partial charge in [0.25, 0.3) is 5.92 Å². The summed E-state index contributed by atoms with van der Waals surface area (Å²) in [6.45, 7) is 1.83. The van der Waals surface area contributed by atoms with Crippen LogP contribution in [0.2, 0.25) is 0 Å². The molecule has 0 spiro atoms. The monoisotopic (exact) mass is 488 g/mol. The number of hydrogen-bond donors (Lipinski definition) is 3. The van der Waals surface area contributed by atoms with Crippen molar-refractivity contribution in [2.24, 2.45) is 7.05 Å². The summed E-state index contributed by atoms with van der Waals surface area (Å²) >= 11 is 0. The molecule has 5 rings (SSSR count). The number of urea groups is 1. The van der Waals surface area contributed by atoms with Gasteiger partial charge in [-0.25, -0.2) is 18.6 Å². The molecular weight excluding hydrogens is 462 g/mol. The van der Waals surface area contributed by atoms with Crippen molar-refractivity contribution in [3.05, 3.63) is 24.0 Å². The van der Waals surface area contributed by atoms with Crippen LogP contribution >= 0.6 is 0 Å². The number of nitrogens with zero attached hydrogens (tertiary/aromatic N) is 8. The van der Waals surface area contributed by atoms with Crippen molar-refractivity contribution in [3.63, 3.8) is 0 Å². The zero-order valence-electron chi connectivity index (χ0n) is 19.3. The number of piperazine rings is 1. The van der Waals surface area contributed by atoms with Gasteiger partial charge in [0.2, 0.25) is 5.95 Å². The molecule has 0 aromatic carbocycles. The number of carbonyl (C=O) groups is 1. The SMILES string of the molecule is Cc1nc(N2CC(F)(F)C2)ccc1NC(=O)N1CCN(c2nc(N)nc3c2cnn3C)[C@@H](CO)C1. The van der Waals surface area contributed by atoms with Gasteiger partial charge >= 0.3 is 6.03 Å². The quantitative estimate of drug-likeness (QED) is 0.487. The second-order valence-corrected chi connectivity index (χ2v) is 8.83. The Labute approximate surface area is 199 Å². The highest BCUT2D eigenvalue weighted by Crippen LogP contribution is 2.32. The molecule has 2 fully saturated rings. The molecule has 3 aromatic heterocycles. The smallest absolute Gasteiger partial charge is 0.322 e. The Morgan fingerprint density at radius 2 is 2.03 bits per heavy atom. The van der Waals surface area contributed by atoms with Gasteiger partial charge in [-0.1, -0.05) is 0 Å². The minimum absolute atomic E-state index is 0.0985. The van der Waals surface area contributed by atoms with E-state index in [0.717, 1.165) is 0 Å². The van der Waals surface area contributed by atoms with Crippen LogP contribution in [0.15, 0.2) is 18.3 Å². The number of aromatic nitrogens is 5. The Hall–Kier alpha value is -3.81. The van der Waals surface area contributed by atoms with E-state index in [4.69, 9.17) is 5.73 Å². The maximum atomic E-state index is 13.2. The van der Waals surface area contributed by atoms with Crippen molar-refractivity contribution >= 4 is 40.3 Å².